The first-order chi connectivity index (χ1) is 17.2. The van der Waals surface area contributed by atoms with Crippen molar-refractivity contribution in [3.63, 3.8) is 0 Å². The maximum Gasteiger partial charge on any atom is 0.331 e. The Morgan fingerprint density at radius 1 is 0.583 bits per heavy atom. The van der Waals surface area contributed by atoms with Crippen LogP contribution in [0.1, 0.15) is 12.8 Å². The van der Waals surface area contributed by atoms with Crippen LogP contribution in [0.3, 0.4) is 0 Å². The van der Waals surface area contributed by atoms with E-state index in [-0.39, 0.29) is 52.9 Å². The Morgan fingerprint density at radius 2 is 0.833 bits per heavy atom. The first kappa shape index (κ1) is 31.2. The predicted molar refractivity (Wildman–Crippen MR) is 121 cm³/mol. The minimum Gasteiger partial charge on any atom is -0.478 e. The molecule has 1 fully saturated rings. The number of hydrogen-bond acceptors (Lipinski definition) is 11. The molecule has 1 heterocycles. The fourth-order valence-electron chi connectivity index (χ4n) is 2.96. The van der Waals surface area contributed by atoms with Crippen LogP contribution in [-0.2, 0) is 52.3 Å². The molecule has 0 aromatic carbocycles. The van der Waals surface area contributed by atoms with Crippen LogP contribution in [0.5, 0.6) is 0 Å². The average Bonchev–Trinajstić information content (AvgIpc) is 2.83. The maximum absolute atomic E-state index is 13.1. The second-order valence-corrected chi connectivity index (χ2v) is 7.59. The lowest BCUT2D eigenvalue weighted by molar-refractivity contribution is -0.174. The van der Waals surface area contributed by atoms with Gasteiger partial charge in [-0.25, -0.2) is 9.59 Å². The van der Waals surface area contributed by atoms with Crippen molar-refractivity contribution in [2.45, 2.75) is 12.8 Å². The molecule has 0 spiro atoms. The molecule has 2 N–H and O–H groups in total. The summed E-state index contributed by atoms with van der Waals surface area (Å²) in [4.78, 5) is 49.0. The molecule has 0 atom stereocenters. The number of carbonyl (C=O) groups excluding carboxylic acids is 2. The molecular formula is C23H34O13. The van der Waals surface area contributed by atoms with Crippen molar-refractivity contribution >= 4 is 23.9 Å². The lowest BCUT2D eigenvalue weighted by atomic mass is 9.76. The molecule has 0 aliphatic carbocycles. The van der Waals surface area contributed by atoms with E-state index in [1.807, 2.05) is 0 Å². The Labute approximate surface area is 208 Å². The molecule has 13 heteroatoms. The van der Waals surface area contributed by atoms with Crippen LogP contribution in [0.15, 0.2) is 24.3 Å². The van der Waals surface area contributed by atoms with E-state index in [4.69, 9.17) is 33.2 Å². The number of carboxylic acid groups (broad SMARTS) is 2. The number of cyclic esters (lactones) is 2. The number of rotatable bonds is 6. The van der Waals surface area contributed by atoms with E-state index in [1.165, 1.54) is 0 Å². The van der Waals surface area contributed by atoms with Gasteiger partial charge in [0.25, 0.3) is 0 Å². The number of ether oxygens (including phenoxy) is 7. The standard InChI is InChI=1S/C23H34O13/c1-17(19(24)25)15-23(16-18(2)20(26)27)21(28)35-13-11-33-9-7-31-5-3-30-4-6-32-8-10-34-12-14-36-22(23)29/h1-16H2,(H,24,25)(H,26,27). The summed E-state index contributed by atoms with van der Waals surface area (Å²) in [7, 11) is 0. The molecule has 0 radical (unpaired) electrons. The van der Waals surface area contributed by atoms with Crippen molar-refractivity contribution in [1.82, 2.24) is 0 Å². The van der Waals surface area contributed by atoms with Gasteiger partial charge in [0.1, 0.15) is 13.2 Å². The molecule has 0 saturated carbocycles. The number of aliphatic carboxylic acids is 2. The molecule has 204 valence electrons. The average molecular weight is 519 g/mol. The van der Waals surface area contributed by atoms with Crippen molar-refractivity contribution in [2.24, 2.45) is 5.41 Å². The van der Waals surface area contributed by atoms with E-state index >= 15 is 0 Å². The molecule has 0 aromatic heterocycles. The minimum atomic E-state index is -2.34. The van der Waals surface area contributed by atoms with Gasteiger partial charge in [-0.2, -0.15) is 0 Å². The van der Waals surface area contributed by atoms with Crippen molar-refractivity contribution in [3.8, 4) is 0 Å². The lowest BCUT2D eigenvalue weighted by Gasteiger charge is -2.29. The van der Waals surface area contributed by atoms with Crippen molar-refractivity contribution < 1.29 is 62.5 Å². The summed E-state index contributed by atoms with van der Waals surface area (Å²) in [5, 5.41) is 18.6. The van der Waals surface area contributed by atoms with Crippen LogP contribution >= 0.6 is 0 Å². The number of hydrogen-bond donors (Lipinski definition) is 2. The molecule has 0 bridgehead atoms. The Hall–Kier alpha value is -2.84. The predicted octanol–water partition coefficient (Wildman–Crippen LogP) is 0.218. The number of carbonyl (C=O) groups is 4. The molecule has 0 aromatic rings. The van der Waals surface area contributed by atoms with Crippen LogP contribution in [0, 0.1) is 5.41 Å². The van der Waals surface area contributed by atoms with Gasteiger partial charge in [-0.3, -0.25) is 9.59 Å². The number of carboxylic acids is 2. The van der Waals surface area contributed by atoms with E-state index in [2.05, 4.69) is 13.2 Å². The SMILES string of the molecule is C=C(CC1(CC(=C)C(=O)O)C(=O)OCCOCCOCCOCCOCCOCCOC1=O)C(=O)O. The fraction of sp³-hybridized carbons (Fsp3) is 0.652. The Bertz CT molecular complexity index is 699. The monoisotopic (exact) mass is 518 g/mol. The Balaban J connectivity index is 3.01. The van der Waals surface area contributed by atoms with Gasteiger partial charge in [-0.05, 0) is 0 Å². The Morgan fingerprint density at radius 3 is 1.08 bits per heavy atom. The zero-order chi connectivity index (χ0) is 26.8. The normalized spacial score (nSPS) is 20.0. The third-order valence-electron chi connectivity index (χ3n) is 4.83. The highest BCUT2D eigenvalue weighted by molar-refractivity contribution is 6.03. The van der Waals surface area contributed by atoms with E-state index in [0.717, 1.165) is 0 Å². The highest BCUT2D eigenvalue weighted by atomic mass is 16.6. The van der Waals surface area contributed by atoms with Crippen LogP contribution in [0.2, 0.25) is 0 Å². The smallest absolute Gasteiger partial charge is 0.331 e. The van der Waals surface area contributed by atoms with Crippen molar-refractivity contribution in [3.05, 3.63) is 24.3 Å². The van der Waals surface area contributed by atoms with E-state index in [1.54, 1.807) is 0 Å². The van der Waals surface area contributed by atoms with Crippen molar-refractivity contribution in [1.29, 1.82) is 0 Å². The zero-order valence-corrected chi connectivity index (χ0v) is 20.2. The van der Waals surface area contributed by atoms with Crippen LogP contribution in [0.4, 0.5) is 0 Å². The topological polar surface area (TPSA) is 173 Å². The van der Waals surface area contributed by atoms with Gasteiger partial charge in [-0.15, -0.1) is 0 Å². The zero-order valence-electron chi connectivity index (χ0n) is 20.2. The molecule has 1 rings (SSSR count). The highest BCUT2D eigenvalue weighted by Crippen LogP contribution is 2.36. The van der Waals surface area contributed by atoms with Gasteiger partial charge in [0.15, 0.2) is 5.41 Å². The van der Waals surface area contributed by atoms with Gasteiger partial charge in [0, 0.05) is 24.0 Å². The summed E-state index contributed by atoms with van der Waals surface area (Å²) in [6, 6.07) is 0. The molecule has 0 amide bonds. The highest BCUT2D eigenvalue weighted by Gasteiger charge is 2.51. The fourth-order valence-corrected chi connectivity index (χ4v) is 2.96. The van der Waals surface area contributed by atoms with Crippen LogP contribution < -0.4 is 0 Å². The van der Waals surface area contributed by atoms with Crippen LogP contribution in [0.25, 0.3) is 0 Å². The summed E-state index contributed by atoms with van der Waals surface area (Å²) in [5.74, 6) is -5.34. The molecule has 36 heavy (non-hydrogen) atoms. The third-order valence-corrected chi connectivity index (χ3v) is 4.83. The van der Waals surface area contributed by atoms with Crippen molar-refractivity contribution in [2.75, 3.05) is 79.3 Å². The Kier molecular flexibility index (Phi) is 15.2. The second-order valence-electron chi connectivity index (χ2n) is 7.59. The quantitative estimate of drug-likeness (QED) is 0.278. The summed E-state index contributed by atoms with van der Waals surface area (Å²) in [6.07, 6.45) is -1.50. The summed E-state index contributed by atoms with van der Waals surface area (Å²) < 4.78 is 37.0. The van der Waals surface area contributed by atoms with Gasteiger partial charge in [-0.1, -0.05) is 13.2 Å². The summed E-state index contributed by atoms with van der Waals surface area (Å²) in [6.45, 7) is 8.43. The van der Waals surface area contributed by atoms with E-state index < -0.39 is 53.3 Å². The first-order valence-electron chi connectivity index (χ1n) is 11.3. The van der Waals surface area contributed by atoms with E-state index in [0.29, 0.717) is 26.4 Å². The molecular weight excluding hydrogens is 484 g/mol. The molecule has 1 saturated heterocycles. The van der Waals surface area contributed by atoms with Gasteiger partial charge >= 0.3 is 23.9 Å². The lowest BCUT2D eigenvalue weighted by Crippen LogP contribution is -2.44. The van der Waals surface area contributed by atoms with E-state index in [9.17, 15) is 29.4 Å². The summed E-state index contributed by atoms with van der Waals surface area (Å²) >= 11 is 0. The third kappa shape index (κ3) is 11.7. The largest absolute Gasteiger partial charge is 0.478 e. The molecule has 0 unspecified atom stereocenters. The molecule has 13 nitrogen and oxygen atoms in total. The molecule has 1 aliphatic rings. The summed E-state index contributed by atoms with van der Waals surface area (Å²) in [5.41, 5.74) is -3.38. The maximum atomic E-state index is 13.1. The minimum absolute atomic E-state index is 0.0539. The van der Waals surface area contributed by atoms with Gasteiger partial charge < -0.3 is 43.4 Å². The van der Waals surface area contributed by atoms with Gasteiger partial charge in [0.2, 0.25) is 0 Å². The number of esters is 2. The van der Waals surface area contributed by atoms with Crippen LogP contribution in [-0.4, -0.2) is 113 Å². The first-order valence-corrected chi connectivity index (χ1v) is 11.3. The van der Waals surface area contributed by atoms with Gasteiger partial charge in [0.05, 0.1) is 66.1 Å². The molecule has 1 aliphatic heterocycles. The second kappa shape index (κ2) is 17.6.